The smallest absolute Gasteiger partial charge is 0.0178 e. The average molecular weight is 323 g/mol. The summed E-state index contributed by atoms with van der Waals surface area (Å²) in [5.74, 6) is 0. The molecule has 0 aliphatic heterocycles. The normalized spacial score (nSPS) is 30.9. The molecule has 1 unspecified atom stereocenters. The van der Waals surface area contributed by atoms with Gasteiger partial charge in [0.25, 0.3) is 0 Å². The lowest BCUT2D eigenvalue weighted by Crippen LogP contribution is -2.44. The Bertz CT molecular complexity index is 438. The van der Waals surface area contributed by atoms with Gasteiger partial charge in [0.1, 0.15) is 0 Å². The zero-order valence-corrected chi connectivity index (χ0v) is 13.0. The van der Waals surface area contributed by atoms with E-state index in [9.17, 15) is 0 Å². The minimum absolute atomic E-state index is 0.447. The van der Waals surface area contributed by atoms with Crippen molar-refractivity contribution in [1.82, 2.24) is 5.32 Å². The molecular formula is C16H23BrN2. The minimum atomic E-state index is 0.447. The van der Waals surface area contributed by atoms with Crippen LogP contribution >= 0.6 is 15.9 Å². The van der Waals surface area contributed by atoms with E-state index in [4.69, 9.17) is 5.73 Å². The summed E-state index contributed by atoms with van der Waals surface area (Å²) in [7, 11) is 0. The first-order chi connectivity index (χ1) is 9.20. The Labute approximate surface area is 124 Å². The molecule has 1 saturated carbocycles. The van der Waals surface area contributed by atoms with Crippen molar-refractivity contribution < 1.29 is 0 Å². The van der Waals surface area contributed by atoms with Gasteiger partial charge in [-0.1, -0.05) is 22.0 Å². The van der Waals surface area contributed by atoms with E-state index in [2.05, 4.69) is 39.4 Å². The number of hydrogen-bond donors (Lipinski definition) is 2. The lowest BCUT2D eigenvalue weighted by molar-refractivity contribution is 0.302. The van der Waals surface area contributed by atoms with E-state index in [0.717, 1.165) is 0 Å². The van der Waals surface area contributed by atoms with Gasteiger partial charge in [0.2, 0.25) is 0 Å². The Hall–Kier alpha value is -0.380. The summed E-state index contributed by atoms with van der Waals surface area (Å²) in [4.78, 5) is 0. The van der Waals surface area contributed by atoms with Crippen molar-refractivity contribution in [2.45, 2.75) is 63.1 Å². The van der Waals surface area contributed by atoms with Crippen LogP contribution in [-0.2, 0) is 12.8 Å². The van der Waals surface area contributed by atoms with Gasteiger partial charge >= 0.3 is 0 Å². The molecule has 3 rings (SSSR count). The minimum Gasteiger partial charge on any atom is -0.328 e. The van der Waals surface area contributed by atoms with Crippen LogP contribution in [-0.4, -0.2) is 18.1 Å². The highest BCUT2D eigenvalue weighted by Gasteiger charge is 2.24. The summed E-state index contributed by atoms with van der Waals surface area (Å²) < 4.78 is 1.21. The van der Waals surface area contributed by atoms with Crippen molar-refractivity contribution in [3.05, 3.63) is 33.8 Å². The molecule has 2 aliphatic rings. The van der Waals surface area contributed by atoms with E-state index in [0.29, 0.717) is 18.1 Å². The molecule has 0 amide bonds. The summed E-state index contributed by atoms with van der Waals surface area (Å²) >= 11 is 3.56. The molecule has 0 spiro atoms. The predicted octanol–water partition coefficient (Wildman–Crippen LogP) is 3.17. The first-order valence-electron chi connectivity index (χ1n) is 7.49. The Morgan fingerprint density at radius 3 is 2.58 bits per heavy atom. The van der Waals surface area contributed by atoms with Crippen LogP contribution in [0.5, 0.6) is 0 Å². The third-order valence-corrected chi connectivity index (χ3v) is 5.13. The van der Waals surface area contributed by atoms with Gasteiger partial charge in [0.15, 0.2) is 0 Å². The molecule has 0 saturated heterocycles. The second kappa shape index (κ2) is 5.94. The number of nitrogens with two attached hydrogens (primary N) is 1. The summed E-state index contributed by atoms with van der Waals surface area (Å²) in [6.45, 7) is 0. The van der Waals surface area contributed by atoms with Gasteiger partial charge in [0.05, 0.1) is 0 Å². The predicted molar refractivity (Wildman–Crippen MR) is 83.3 cm³/mol. The van der Waals surface area contributed by atoms with Gasteiger partial charge in [0, 0.05) is 22.6 Å². The van der Waals surface area contributed by atoms with E-state index in [1.165, 1.54) is 60.5 Å². The van der Waals surface area contributed by atoms with Gasteiger partial charge in [-0.05, 0) is 68.2 Å². The van der Waals surface area contributed by atoms with E-state index < -0.39 is 0 Å². The maximum Gasteiger partial charge on any atom is 0.0178 e. The molecule has 3 heteroatoms. The van der Waals surface area contributed by atoms with E-state index in [1.54, 1.807) is 0 Å². The first kappa shape index (κ1) is 13.6. The Morgan fingerprint density at radius 1 is 1.00 bits per heavy atom. The van der Waals surface area contributed by atoms with Crippen molar-refractivity contribution in [1.29, 1.82) is 0 Å². The van der Waals surface area contributed by atoms with Crippen molar-refractivity contribution in [2.24, 2.45) is 5.73 Å². The van der Waals surface area contributed by atoms with Crippen LogP contribution in [0.15, 0.2) is 22.7 Å². The molecule has 1 aromatic carbocycles. The van der Waals surface area contributed by atoms with Crippen LogP contribution in [0.3, 0.4) is 0 Å². The molecule has 104 valence electrons. The Kier molecular flexibility index (Phi) is 4.25. The monoisotopic (exact) mass is 322 g/mol. The zero-order valence-electron chi connectivity index (χ0n) is 11.4. The van der Waals surface area contributed by atoms with Crippen LogP contribution in [0.1, 0.15) is 43.2 Å². The van der Waals surface area contributed by atoms with Crippen LogP contribution < -0.4 is 11.1 Å². The molecule has 3 N–H and O–H groups in total. The molecule has 0 bridgehead atoms. The largest absolute Gasteiger partial charge is 0.328 e. The number of aryl methyl sites for hydroxylation is 1. The van der Waals surface area contributed by atoms with Crippen molar-refractivity contribution >= 4 is 15.9 Å². The molecule has 2 nitrogen and oxygen atoms in total. The summed E-state index contributed by atoms with van der Waals surface area (Å²) in [5.41, 5.74) is 9.03. The van der Waals surface area contributed by atoms with Crippen molar-refractivity contribution in [2.75, 3.05) is 0 Å². The molecule has 1 fully saturated rings. The summed E-state index contributed by atoms with van der Waals surface area (Å²) in [6.07, 6.45) is 8.55. The quantitative estimate of drug-likeness (QED) is 0.877. The van der Waals surface area contributed by atoms with E-state index in [-0.39, 0.29) is 0 Å². The van der Waals surface area contributed by atoms with Gasteiger partial charge in [-0.3, -0.25) is 0 Å². The van der Waals surface area contributed by atoms with Crippen LogP contribution in [0, 0.1) is 0 Å². The second-order valence-electron chi connectivity index (χ2n) is 6.13. The molecule has 1 atom stereocenters. The highest BCUT2D eigenvalue weighted by atomic mass is 79.9. The van der Waals surface area contributed by atoms with Gasteiger partial charge in [-0.2, -0.15) is 0 Å². The first-order valence-corrected chi connectivity index (χ1v) is 8.29. The third-order valence-electron chi connectivity index (χ3n) is 4.64. The fourth-order valence-corrected chi connectivity index (χ4v) is 3.89. The van der Waals surface area contributed by atoms with Crippen LogP contribution in [0.4, 0.5) is 0 Å². The highest BCUT2D eigenvalue weighted by molar-refractivity contribution is 9.10. The molecule has 0 heterocycles. The molecular weight excluding hydrogens is 300 g/mol. The molecule has 0 radical (unpaired) electrons. The van der Waals surface area contributed by atoms with Crippen molar-refractivity contribution in [3.8, 4) is 0 Å². The van der Waals surface area contributed by atoms with Crippen LogP contribution in [0.2, 0.25) is 0 Å². The molecule has 19 heavy (non-hydrogen) atoms. The van der Waals surface area contributed by atoms with Gasteiger partial charge in [-0.25, -0.2) is 0 Å². The number of halogens is 1. The maximum atomic E-state index is 5.98. The zero-order chi connectivity index (χ0) is 13.2. The SMILES string of the molecule is NC1CCC(NC2CCc3cc(Br)ccc3C2)CC1. The van der Waals surface area contributed by atoms with Crippen LogP contribution in [0.25, 0.3) is 0 Å². The van der Waals surface area contributed by atoms with E-state index in [1.807, 2.05) is 0 Å². The number of fused-ring (bicyclic) bond motifs is 1. The van der Waals surface area contributed by atoms with Crippen molar-refractivity contribution in [3.63, 3.8) is 0 Å². The number of nitrogens with one attached hydrogen (secondary N) is 1. The highest BCUT2D eigenvalue weighted by Crippen LogP contribution is 2.26. The fraction of sp³-hybridized carbons (Fsp3) is 0.625. The Balaban J connectivity index is 1.58. The second-order valence-corrected chi connectivity index (χ2v) is 7.05. The Morgan fingerprint density at radius 2 is 1.79 bits per heavy atom. The lowest BCUT2D eigenvalue weighted by atomic mass is 9.86. The number of benzene rings is 1. The summed E-state index contributed by atoms with van der Waals surface area (Å²) in [6, 6.07) is 8.54. The fourth-order valence-electron chi connectivity index (χ4n) is 3.49. The standard InChI is InChI=1S/C16H23BrN2/c17-13-3-1-12-10-16(6-2-11(12)9-13)19-15-7-4-14(18)5-8-15/h1,3,9,14-16,19H,2,4-8,10,18H2. The lowest BCUT2D eigenvalue weighted by Gasteiger charge is -2.33. The van der Waals surface area contributed by atoms with Gasteiger partial charge < -0.3 is 11.1 Å². The third kappa shape index (κ3) is 3.39. The number of hydrogen-bond acceptors (Lipinski definition) is 2. The molecule has 1 aromatic rings. The number of rotatable bonds is 2. The topological polar surface area (TPSA) is 38.0 Å². The molecule has 2 aliphatic carbocycles. The average Bonchev–Trinajstić information content (AvgIpc) is 2.42. The summed E-state index contributed by atoms with van der Waals surface area (Å²) in [5, 5.41) is 3.87. The maximum absolute atomic E-state index is 5.98. The van der Waals surface area contributed by atoms with E-state index >= 15 is 0 Å². The molecule has 0 aromatic heterocycles. The van der Waals surface area contributed by atoms with Gasteiger partial charge in [-0.15, -0.1) is 0 Å².